The van der Waals surface area contributed by atoms with Crippen LogP contribution in [0.1, 0.15) is 0 Å². The third-order valence-corrected chi connectivity index (χ3v) is 8.89. The van der Waals surface area contributed by atoms with Gasteiger partial charge in [-0.15, -0.1) is 0 Å². The summed E-state index contributed by atoms with van der Waals surface area (Å²) in [6.45, 7) is 0. The first-order valence-corrected chi connectivity index (χ1v) is 15.5. The van der Waals surface area contributed by atoms with E-state index in [1.54, 1.807) is 0 Å². The fourth-order valence-electron chi connectivity index (χ4n) is 6.55. The van der Waals surface area contributed by atoms with Gasteiger partial charge in [0.15, 0.2) is 0 Å². The number of aromatic nitrogens is 3. The van der Waals surface area contributed by atoms with Crippen LogP contribution in [0.3, 0.4) is 0 Å². The Morgan fingerprint density at radius 3 is 1.80 bits per heavy atom. The molecule has 0 unspecified atom stereocenters. The average Bonchev–Trinajstić information content (AvgIpc) is 3.14. The Morgan fingerprint density at radius 2 is 1.00 bits per heavy atom. The first-order chi connectivity index (χ1) is 22.8. The molecule has 0 aliphatic heterocycles. The molecule has 9 rings (SSSR count). The molecule has 6 aromatic carbocycles. The monoisotopic (exact) mass is 585 g/mol. The minimum absolute atomic E-state index is 0.930. The molecule has 0 aliphatic rings. The van der Waals surface area contributed by atoms with Gasteiger partial charge in [0, 0.05) is 33.5 Å². The SMILES string of the molecule is c1ccc(-c2cc(-c3ccccc3)c3c(ccc4ccc(-c5ccc(-c6ccc7ccc8cccnc8c7n6)cc5)cc43)n2)cc1. The molecule has 9 aromatic rings. The van der Waals surface area contributed by atoms with E-state index in [9.17, 15) is 0 Å². The fraction of sp³-hybridized carbons (Fsp3) is 0. The van der Waals surface area contributed by atoms with Gasteiger partial charge in [-0.25, -0.2) is 9.97 Å². The van der Waals surface area contributed by atoms with Crippen LogP contribution in [-0.2, 0) is 0 Å². The summed E-state index contributed by atoms with van der Waals surface area (Å²) in [5, 5.41) is 5.75. The molecule has 0 aliphatic carbocycles. The fourth-order valence-corrected chi connectivity index (χ4v) is 6.55. The number of fused-ring (bicyclic) bond motifs is 6. The summed E-state index contributed by atoms with van der Waals surface area (Å²) < 4.78 is 0. The lowest BCUT2D eigenvalue weighted by molar-refractivity contribution is 1.37. The zero-order valence-electron chi connectivity index (χ0n) is 24.9. The average molecular weight is 586 g/mol. The molecule has 3 heterocycles. The Bertz CT molecular complexity index is 2560. The van der Waals surface area contributed by atoms with Crippen LogP contribution in [0, 0.1) is 0 Å². The minimum atomic E-state index is 0.930. The van der Waals surface area contributed by atoms with E-state index in [0.29, 0.717) is 0 Å². The number of hydrogen-bond acceptors (Lipinski definition) is 3. The van der Waals surface area contributed by atoms with Crippen LogP contribution in [0.4, 0.5) is 0 Å². The highest BCUT2D eigenvalue weighted by Crippen LogP contribution is 2.38. The summed E-state index contributed by atoms with van der Waals surface area (Å²) in [5.41, 5.74) is 11.6. The van der Waals surface area contributed by atoms with E-state index < -0.39 is 0 Å². The van der Waals surface area contributed by atoms with Crippen molar-refractivity contribution < 1.29 is 0 Å². The van der Waals surface area contributed by atoms with E-state index in [1.165, 1.54) is 32.8 Å². The summed E-state index contributed by atoms with van der Waals surface area (Å²) in [4.78, 5) is 14.8. The molecule has 0 fully saturated rings. The van der Waals surface area contributed by atoms with Gasteiger partial charge in [0.2, 0.25) is 0 Å². The number of benzene rings is 6. The molecular formula is C43H27N3. The smallest absolute Gasteiger partial charge is 0.0972 e. The molecule has 3 nitrogen and oxygen atoms in total. The maximum atomic E-state index is 5.16. The summed E-state index contributed by atoms with van der Waals surface area (Å²) in [6, 6.07) is 55.6. The Balaban J connectivity index is 1.16. The van der Waals surface area contributed by atoms with Crippen LogP contribution in [-0.4, -0.2) is 15.0 Å². The number of hydrogen-bond donors (Lipinski definition) is 0. The lowest BCUT2D eigenvalue weighted by Crippen LogP contribution is -1.92. The molecule has 0 bridgehead atoms. The Hall–Kier alpha value is -6.19. The van der Waals surface area contributed by atoms with Gasteiger partial charge in [0.1, 0.15) is 0 Å². The second kappa shape index (κ2) is 10.8. The van der Waals surface area contributed by atoms with E-state index in [0.717, 1.165) is 55.4 Å². The van der Waals surface area contributed by atoms with Gasteiger partial charge in [-0.05, 0) is 63.4 Å². The third kappa shape index (κ3) is 4.49. The molecular weight excluding hydrogens is 558 g/mol. The Labute approximate surface area is 266 Å². The predicted molar refractivity (Wildman–Crippen MR) is 192 cm³/mol. The zero-order chi connectivity index (χ0) is 30.5. The van der Waals surface area contributed by atoms with Gasteiger partial charge in [0.25, 0.3) is 0 Å². The summed E-state index contributed by atoms with van der Waals surface area (Å²) >= 11 is 0. The van der Waals surface area contributed by atoms with Crippen LogP contribution in [0.2, 0.25) is 0 Å². The molecule has 0 saturated heterocycles. The van der Waals surface area contributed by atoms with Crippen molar-refractivity contribution in [3.05, 3.63) is 164 Å². The molecule has 0 saturated carbocycles. The first-order valence-electron chi connectivity index (χ1n) is 15.5. The zero-order valence-corrected chi connectivity index (χ0v) is 24.9. The molecule has 0 atom stereocenters. The lowest BCUT2D eigenvalue weighted by atomic mass is 9.92. The first kappa shape index (κ1) is 26.2. The quantitative estimate of drug-likeness (QED) is 0.193. The molecule has 0 radical (unpaired) electrons. The molecule has 0 amide bonds. The Kier molecular flexibility index (Phi) is 6.14. The molecule has 3 heteroatoms. The van der Waals surface area contributed by atoms with Crippen LogP contribution in [0.25, 0.3) is 88.2 Å². The van der Waals surface area contributed by atoms with Crippen molar-refractivity contribution in [3.63, 3.8) is 0 Å². The van der Waals surface area contributed by atoms with Gasteiger partial charge >= 0.3 is 0 Å². The van der Waals surface area contributed by atoms with Crippen LogP contribution in [0.15, 0.2) is 164 Å². The van der Waals surface area contributed by atoms with E-state index in [2.05, 4.69) is 151 Å². The molecule has 214 valence electrons. The van der Waals surface area contributed by atoms with Crippen molar-refractivity contribution in [2.75, 3.05) is 0 Å². The second-order valence-corrected chi connectivity index (χ2v) is 11.7. The van der Waals surface area contributed by atoms with Gasteiger partial charge in [-0.2, -0.15) is 0 Å². The second-order valence-electron chi connectivity index (χ2n) is 11.7. The van der Waals surface area contributed by atoms with Crippen molar-refractivity contribution in [1.29, 1.82) is 0 Å². The van der Waals surface area contributed by atoms with Gasteiger partial charge < -0.3 is 0 Å². The largest absolute Gasteiger partial charge is 0.254 e. The van der Waals surface area contributed by atoms with E-state index >= 15 is 0 Å². The lowest BCUT2D eigenvalue weighted by Gasteiger charge is -2.14. The normalized spacial score (nSPS) is 11.5. The minimum Gasteiger partial charge on any atom is -0.254 e. The van der Waals surface area contributed by atoms with Crippen molar-refractivity contribution in [3.8, 4) is 44.8 Å². The number of rotatable bonds is 4. The number of nitrogens with zero attached hydrogens (tertiary/aromatic N) is 3. The van der Waals surface area contributed by atoms with Crippen LogP contribution < -0.4 is 0 Å². The van der Waals surface area contributed by atoms with Gasteiger partial charge in [-0.3, -0.25) is 4.98 Å². The molecule has 3 aromatic heterocycles. The maximum Gasteiger partial charge on any atom is 0.0972 e. The van der Waals surface area contributed by atoms with Gasteiger partial charge in [-0.1, -0.05) is 127 Å². The van der Waals surface area contributed by atoms with Crippen molar-refractivity contribution >= 4 is 43.5 Å². The molecule has 46 heavy (non-hydrogen) atoms. The molecule has 0 spiro atoms. The van der Waals surface area contributed by atoms with Crippen LogP contribution in [0.5, 0.6) is 0 Å². The predicted octanol–water partition coefficient (Wildman–Crippen LogP) is 11.2. The van der Waals surface area contributed by atoms with E-state index in [-0.39, 0.29) is 0 Å². The molecule has 0 N–H and O–H groups in total. The summed E-state index contributed by atoms with van der Waals surface area (Å²) in [6.07, 6.45) is 1.83. The van der Waals surface area contributed by atoms with Crippen LogP contribution >= 0.6 is 0 Å². The topological polar surface area (TPSA) is 38.7 Å². The highest BCUT2D eigenvalue weighted by Gasteiger charge is 2.14. The van der Waals surface area contributed by atoms with Crippen molar-refractivity contribution in [2.45, 2.75) is 0 Å². The van der Waals surface area contributed by atoms with E-state index in [4.69, 9.17) is 9.97 Å². The highest BCUT2D eigenvalue weighted by molar-refractivity contribution is 6.14. The maximum absolute atomic E-state index is 5.16. The van der Waals surface area contributed by atoms with E-state index in [1.807, 2.05) is 18.3 Å². The third-order valence-electron chi connectivity index (χ3n) is 8.89. The summed E-state index contributed by atoms with van der Waals surface area (Å²) in [5.74, 6) is 0. The van der Waals surface area contributed by atoms with Crippen molar-refractivity contribution in [1.82, 2.24) is 15.0 Å². The Morgan fingerprint density at radius 1 is 0.370 bits per heavy atom. The summed E-state index contributed by atoms with van der Waals surface area (Å²) in [7, 11) is 0. The number of pyridine rings is 3. The van der Waals surface area contributed by atoms with Gasteiger partial charge in [0.05, 0.1) is 27.9 Å². The highest BCUT2D eigenvalue weighted by atomic mass is 14.8. The standard InChI is InChI=1S/C43H27N3/c1-3-8-29(9-4-1)37-27-40(31-10-5-2-6-11-31)45-39-24-21-30-15-20-35(26-36(30)41(37)39)28-13-16-32(17-14-28)38-23-22-34-19-18-33-12-7-25-44-42(33)43(34)46-38/h1-27H. The van der Waals surface area contributed by atoms with Crippen molar-refractivity contribution in [2.24, 2.45) is 0 Å².